The summed E-state index contributed by atoms with van der Waals surface area (Å²) in [6.07, 6.45) is 4.59. The molecule has 6 heteroatoms. The molecule has 1 N–H and O–H groups in total. The molecule has 0 unspecified atom stereocenters. The molecule has 6 nitrogen and oxygen atoms in total. The predicted octanol–water partition coefficient (Wildman–Crippen LogP) is 3.24. The molecule has 0 saturated carbocycles. The normalized spacial score (nSPS) is 13.8. The smallest absolute Gasteiger partial charge is 0.161 e. The Labute approximate surface area is 168 Å². The summed E-state index contributed by atoms with van der Waals surface area (Å²) >= 11 is 0. The quantitative estimate of drug-likeness (QED) is 0.436. The summed E-state index contributed by atoms with van der Waals surface area (Å²) in [6, 6.07) is 5.67. The molecule has 1 aromatic carbocycles. The summed E-state index contributed by atoms with van der Waals surface area (Å²) in [5.74, 6) is 1.56. The number of hydrogen-bond donors (Lipinski definition) is 1. The molecule has 1 aromatic rings. The van der Waals surface area contributed by atoms with Gasteiger partial charge in [0.05, 0.1) is 19.8 Å². The number of fused-ring (bicyclic) bond motifs is 1. The van der Waals surface area contributed by atoms with Crippen LogP contribution in [0, 0.1) is 0 Å². The van der Waals surface area contributed by atoms with Gasteiger partial charge in [-0.1, -0.05) is 12.1 Å². The van der Waals surface area contributed by atoms with Crippen molar-refractivity contribution < 1.29 is 23.7 Å². The van der Waals surface area contributed by atoms with Crippen molar-refractivity contribution in [2.45, 2.75) is 39.2 Å². The molecule has 2 rings (SSSR count). The average Bonchev–Trinajstić information content (AvgIpc) is 2.66. The van der Waals surface area contributed by atoms with E-state index in [4.69, 9.17) is 18.9 Å². The Kier molecular flexibility index (Phi) is 9.47. The van der Waals surface area contributed by atoms with Crippen molar-refractivity contribution in [3.63, 3.8) is 0 Å². The van der Waals surface area contributed by atoms with Gasteiger partial charge in [0.25, 0.3) is 0 Å². The third-order valence-electron chi connectivity index (χ3n) is 4.01. The van der Waals surface area contributed by atoms with Gasteiger partial charge in [0, 0.05) is 25.1 Å². The maximum absolute atomic E-state index is 12.0. The Morgan fingerprint density at radius 1 is 1.07 bits per heavy atom. The van der Waals surface area contributed by atoms with Crippen LogP contribution in [0.5, 0.6) is 11.5 Å². The van der Waals surface area contributed by atoms with Crippen molar-refractivity contribution in [3.05, 3.63) is 29.8 Å². The molecule has 0 fully saturated rings. The largest absolute Gasteiger partial charge is 0.486 e. The van der Waals surface area contributed by atoms with E-state index < -0.39 is 0 Å². The third-order valence-corrected chi connectivity index (χ3v) is 4.01. The molecule has 0 saturated heterocycles. The Bertz CT molecular complexity index is 636. The van der Waals surface area contributed by atoms with Crippen LogP contribution in [-0.4, -0.2) is 57.5 Å². The minimum atomic E-state index is 0.0861. The zero-order valence-corrected chi connectivity index (χ0v) is 17.3. The van der Waals surface area contributed by atoms with Gasteiger partial charge in [-0.05, 0) is 51.0 Å². The van der Waals surface area contributed by atoms with E-state index in [0.717, 1.165) is 23.6 Å². The van der Waals surface area contributed by atoms with E-state index >= 15 is 0 Å². The van der Waals surface area contributed by atoms with Crippen molar-refractivity contribution in [3.8, 4) is 11.5 Å². The van der Waals surface area contributed by atoms with Crippen LogP contribution in [-0.2, 0) is 14.3 Å². The zero-order valence-electron chi connectivity index (χ0n) is 17.3. The van der Waals surface area contributed by atoms with Gasteiger partial charge in [-0.25, -0.2) is 0 Å². The van der Waals surface area contributed by atoms with Crippen LogP contribution >= 0.6 is 0 Å². The van der Waals surface area contributed by atoms with E-state index in [-0.39, 0.29) is 11.3 Å². The minimum absolute atomic E-state index is 0.0861. The average molecular weight is 392 g/mol. The van der Waals surface area contributed by atoms with Crippen LogP contribution in [0.4, 0.5) is 0 Å². The Balaban J connectivity index is 1.50. The highest BCUT2D eigenvalue weighted by Crippen LogP contribution is 2.31. The third kappa shape index (κ3) is 9.35. The van der Waals surface area contributed by atoms with Crippen LogP contribution in [0.2, 0.25) is 0 Å². The molecule has 0 radical (unpaired) electrons. The van der Waals surface area contributed by atoms with Crippen molar-refractivity contribution in [2.24, 2.45) is 0 Å². The summed E-state index contributed by atoms with van der Waals surface area (Å²) < 4.78 is 22.0. The van der Waals surface area contributed by atoms with E-state index in [1.54, 1.807) is 12.2 Å². The highest BCUT2D eigenvalue weighted by molar-refractivity contribution is 5.93. The molecular formula is C22H33NO5. The first-order valence-corrected chi connectivity index (χ1v) is 9.95. The van der Waals surface area contributed by atoms with Crippen LogP contribution < -0.4 is 14.8 Å². The molecule has 0 atom stereocenters. The summed E-state index contributed by atoms with van der Waals surface area (Å²) in [4.78, 5) is 12.0. The van der Waals surface area contributed by atoms with Crippen molar-refractivity contribution >= 4 is 11.9 Å². The van der Waals surface area contributed by atoms with Crippen LogP contribution in [0.25, 0.3) is 6.08 Å². The van der Waals surface area contributed by atoms with Gasteiger partial charge in [-0.3, -0.25) is 4.79 Å². The molecule has 1 aliphatic rings. The predicted molar refractivity (Wildman–Crippen MR) is 110 cm³/mol. The molecule has 0 bridgehead atoms. The number of benzene rings is 1. The first-order chi connectivity index (χ1) is 13.4. The maximum atomic E-state index is 12.0. The second-order valence-electron chi connectivity index (χ2n) is 7.71. The number of hydrogen-bond acceptors (Lipinski definition) is 6. The van der Waals surface area contributed by atoms with Gasteiger partial charge in [-0.2, -0.15) is 0 Å². The van der Waals surface area contributed by atoms with Crippen LogP contribution in [0.3, 0.4) is 0 Å². The van der Waals surface area contributed by atoms with Gasteiger partial charge in [0.1, 0.15) is 13.2 Å². The SMILES string of the molecule is CC(C)(C)NCCOCCOCCCC(=O)/C=C/c1ccc2c(c1)OCCO2. The summed E-state index contributed by atoms with van der Waals surface area (Å²) in [6.45, 7) is 10.7. The fourth-order valence-corrected chi connectivity index (χ4v) is 2.60. The van der Waals surface area contributed by atoms with E-state index in [2.05, 4.69) is 26.1 Å². The first-order valence-electron chi connectivity index (χ1n) is 9.95. The molecule has 0 aromatic heterocycles. The van der Waals surface area contributed by atoms with Crippen molar-refractivity contribution in [1.29, 1.82) is 0 Å². The maximum Gasteiger partial charge on any atom is 0.161 e. The minimum Gasteiger partial charge on any atom is -0.486 e. The Hall–Kier alpha value is -1.89. The standard InChI is InChI=1S/C22H33NO5/c1-22(2,3)23-10-12-26-14-13-25-11-4-5-19(24)8-6-18-7-9-20-21(17-18)28-16-15-27-20/h6-9,17,23H,4-5,10-16H2,1-3H3/b8-6+. The summed E-state index contributed by atoms with van der Waals surface area (Å²) in [7, 11) is 0. The molecule has 0 aliphatic carbocycles. The fraction of sp³-hybridized carbons (Fsp3) is 0.591. The van der Waals surface area contributed by atoms with E-state index in [1.807, 2.05) is 18.2 Å². The van der Waals surface area contributed by atoms with Crippen molar-refractivity contribution in [2.75, 3.05) is 46.2 Å². The molecule has 1 heterocycles. The second kappa shape index (κ2) is 11.8. The lowest BCUT2D eigenvalue weighted by Crippen LogP contribution is -2.38. The van der Waals surface area contributed by atoms with Gasteiger partial charge in [0.2, 0.25) is 0 Å². The van der Waals surface area contributed by atoms with Gasteiger partial charge < -0.3 is 24.3 Å². The topological polar surface area (TPSA) is 66.0 Å². The number of allylic oxidation sites excluding steroid dienone is 1. The molecule has 0 spiro atoms. The molecule has 1 aliphatic heterocycles. The monoisotopic (exact) mass is 391 g/mol. The van der Waals surface area contributed by atoms with E-state index in [9.17, 15) is 4.79 Å². The molecular weight excluding hydrogens is 358 g/mol. The highest BCUT2D eigenvalue weighted by atomic mass is 16.6. The summed E-state index contributed by atoms with van der Waals surface area (Å²) in [5, 5.41) is 3.36. The number of rotatable bonds is 12. The van der Waals surface area contributed by atoms with Crippen LogP contribution in [0.15, 0.2) is 24.3 Å². The lowest BCUT2D eigenvalue weighted by atomic mass is 10.1. The Morgan fingerprint density at radius 3 is 2.54 bits per heavy atom. The lowest BCUT2D eigenvalue weighted by Gasteiger charge is -2.20. The van der Waals surface area contributed by atoms with E-state index in [1.165, 1.54) is 0 Å². The molecule has 156 valence electrons. The molecule has 28 heavy (non-hydrogen) atoms. The lowest BCUT2D eigenvalue weighted by molar-refractivity contribution is -0.114. The number of ketones is 1. The van der Waals surface area contributed by atoms with E-state index in [0.29, 0.717) is 52.5 Å². The fourth-order valence-electron chi connectivity index (χ4n) is 2.60. The van der Waals surface area contributed by atoms with Crippen molar-refractivity contribution in [1.82, 2.24) is 5.32 Å². The van der Waals surface area contributed by atoms with Gasteiger partial charge in [0.15, 0.2) is 17.3 Å². The number of carbonyl (C=O) groups excluding carboxylic acids is 1. The zero-order chi connectivity index (χ0) is 20.2. The first kappa shape index (κ1) is 22.4. The number of nitrogens with one attached hydrogen (secondary N) is 1. The second-order valence-corrected chi connectivity index (χ2v) is 7.71. The summed E-state index contributed by atoms with van der Waals surface area (Å²) in [5.41, 5.74) is 1.04. The highest BCUT2D eigenvalue weighted by Gasteiger charge is 2.11. The van der Waals surface area contributed by atoms with Crippen LogP contribution in [0.1, 0.15) is 39.2 Å². The molecule has 0 amide bonds. The Morgan fingerprint density at radius 2 is 1.79 bits per heavy atom. The van der Waals surface area contributed by atoms with Gasteiger partial charge >= 0.3 is 0 Å². The number of ether oxygens (including phenoxy) is 4. The number of carbonyl (C=O) groups is 1. The van der Waals surface area contributed by atoms with Gasteiger partial charge in [-0.15, -0.1) is 0 Å².